The Balaban J connectivity index is 1.94. The number of hydrogen-bond donors (Lipinski definition) is 0. The molecule has 0 aliphatic rings. The second kappa shape index (κ2) is 7.57. The summed E-state index contributed by atoms with van der Waals surface area (Å²) in [5.41, 5.74) is 2.16. The highest BCUT2D eigenvalue weighted by molar-refractivity contribution is 5.73. The minimum absolute atomic E-state index is 0.194. The van der Waals surface area contributed by atoms with Crippen LogP contribution < -0.4 is 0 Å². The Hall–Kier alpha value is -2.59. The zero-order valence-corrected chi connectivity index (χ0v) is 15.3. The number of alkyl halides is 3. The second-order valence-electron chi connectivity index (χ2n) is 6.79. The number of methoxy groups -OCH3 is 1. The summed E-state index contributed by atoms with van der Waals surface area (Å²) in [7, 11) is 1.29. The van der Waals surface area contributed by atoms with Crippen LogP contribution >= 0.6 is 0 Å². The molecule has 3 aromatic carbocycles. The molecule has 4 heteroatoms. The molecule has 27 heavy (non-hydrogen) atoms. The van der Waals surface area contributed by atoms with E-state index in [4.69, 9.17) is 4.74 Å². The van der Waals surface area contributed by atoms with Crippen molar-refractivity contribution in [3.05, 3.63) is 84.4 Å². The van der Waals surface area contributed by atoms with Crippen LogP contribution in [0.15, 0.2) is 78.9 Å². The molecule has 3 aromatic rings. The lowest BCUT2D eigenvalue weighted by Gasteiger charge is -2.32. The van der Waals surface area contributed by atoms with E-state index in [-0.39, 0.29) is 5.56 Å². The van der Waals surface area contributed by atoms with Crippen molar-refractivity contribution in [3.63, 3.8) is 0 Å². The molecule has 3 rings (SSSR count). The normalized spacial score (nSPS) is 14.0. The summed E-state index contributed by atoms with van der Waals surface area (Å²) in [6, 6.07) is 24.5. The molecule has 0 amide bonds. The smallest absolute Gasteiger partial charge is 0.383 e. The summed E-state index contributed by atoms with van der Waals surface area (Å²) in [5, 5.41) is 0. The molecule has 0 fully saturated rings. The van der Waals surface area contributed by atoms with Crippen molar-refractivity contribution in [2.45, 2.75) is 18.5 Å². The predicted molar refractivity (Wildman–Crippen MR) is 103 cm³/mol. The van der Waals surface area contributed by atoms with Crippen LogP contribution in [0.1, 0.15) is 12.5 Å². The Morgan fingerprint density at radius 1 is 0.704 bits per heavy atom. The number of hydrogen-bond acceptors (Lipinski definition) is 1. The van der Waals surface area contributed by atoms with E-state index in [1.54, 1.807) is 12.1 Å². The number of ether oxygens (including phenoxy) is 1. The van der Waals surface area contributed by atoms with Gasteiger partial charge in [-0.1, -0.05) is 72.8 Å². The van der Waals surface area contributed by atoms with Crippen LogP contribution in [0.5, 0.6) is 0 Å². The van der Waals surface area contributed by atoms with Crippen molar-refractivity contribution in [2.24, 2.45) is 0 Å². The van der Waals surface area contributed by atoms with Gasteiger partial charge in [-0.25, -0.2) is 0 Å². The van der Waals surface area contributed by atoms with Gasteiger partial charge in [0.1, 0.15) is 5.41 Å². The van der Waals surface area contributed by atoms with E-state index in [0.717, 1.165) is 22.3 Å². The highest BCUT2D eigenvalue weighted by Gasteiger charge is 2.52. The minimum Gasteiger partial charge on any atom is -0.383 e. The summed E-state index contributed by atoms with van der Waals surface area (Å²) in [4.78, 5) is 0. The fourth-order valence-electron chi connectivity index (χ4n) is 3.16. The molecule has 0 spiro atoms. The molecule has 1 atom stereocenters. The summed E-state index contributed by atoms with van der Waals surface area (Å²) in [6.07, 6.45) is -4.39. The molecular weight excluding hydrogens is 349 g/mol. The zero-order chi connectivity index (χ0) is 19.5. The number of halogens is 3. The van der Waals surface area contributed by atoms with Crippen molar-refractivity contribution < 1.29 is 17.9 Å². The fourth-order valence-corrected chi connectivity index (χ4v) is 3.16. The third-order valence-electron chi connectivity index (χ3n) is 4.88. The fraction of sp³-hybridized carbons (Fsp3) is 0.217. The van der Waals surface area contributed by atoms with Gasteiger partial charge in [-0.2, -0.15) is 13.2 Å². The predicted octanol–water partition coefficient (Wildman–Crippen LogP) is 6.49. The summed E-state index contributed by atoms with van der Waals surface area (Å²) < 4.78 is 45.5. The molecule has 0 saturated heterocycles. The first-order chi connectivity index (χ1) is 12.8. The van der Waals surface area contributed by atoms with E-state index in [1.807, 2.05) is 54.6 Å². The van der Waals surface area contributed by atoms with Gasteiger partial charge in [0.25, 0.3) is 0 Å². The average Bonchev–Trinajstić information content (AvgIpc) is 2.68. The maximum Gasteiger partial charge on any atom is 0.400 e. The minimum atomic E-state index is -4.39. The molecule has 0 aliphatic heterocycles. The molecule has 0 aliphatic carbocycles. The highest BCUT2D eigenvalue weighted by Crippen LogP contribution is 2.41. The molecule has 140 valence electrons. The van der Waals surface area contributed by atoms with Crippen molar-refractivity contribution in [1.29, 1.82) is 0 Å². The molecule has 0 heterocycles. The van der Waals surface area contributed by atoms with Gasteiger partial charge in [0, 0.05) is 7.11 Å². The SMILES string of the molecule is COCC(C)(c1ccc(-c2cccc(-c3ccccc3)c2)cc1)C(F)(F)F. The van der Waals surface area contributed by atoms with Crippen molar-refractivity contribution >= 4 is 0 Å². The Morgan fingerprint density at radius 3 is 1.74 bits per heavy atom. The van der Waals surface area contributed by atoms with E-state index in [2.05, 4.69) is 0 Å². The largest absolute Gasteiger partial charge is 0.400 e. The Kier molecular flexibility index (Phi) is 5.38. The van der Waals surface area contributed by atoms with E-state index in [1.165, 1.54) is 26.2 Å². The second-order valence-corrected chi connectivity index (χ2v) is 6.79. The lowest BCUT2D eigenvalue weighted by Crippen LogP contribution is -2.43. The Bertz CT molecular complexity index is 886. The molecule has 1 unspecified atom stereocenters. The van der Waals surface area contributed by atoms with Gasteiger partial charge in [-0.15, -0.1) is 0 Å². The molecular formula is C23H21F3O. The number of rotatable bonds is 5. The van der Waals surface area contributed by atoms with E-state index >= 15 is 0 Å². The lowest BCUT2D eigenvalue weighted by atomic mass is 9.82. The van der Waals surface area contributed by atoms with Gasteiger partial charge >= 0.3 is 6.18 Å². The Labute approximate surface area is 157 Å². The third-order valence-corrected chi connectivity index (χ3v) is 4.88. The van der Waals surface area contributed by atoms with Gasteiger partial charge in [0.2, 0.25) is 0 Å². The molecule has 0 saturated carbocycles. The average molecular weight is 370 g/mol. The van der Waals surface area contributed by atoms with Crippen LogP contribution in [0.25, 0.3) is 22.3 Å². The topological polar surface area (TPSA) is 9.23 Å². The molecule has 0 bridgehead atoms. The van der Waals surface area contributed by atoms with Crippen LogP contribution in [0.4, 0.5) is 13.2 Å². The van der Waals surface area contributed by atoms with E-state index < -0.39 is 18.2 Å². The molecule has 0 N–H and O–H groups in total. The zero-order valence-electron chi connectivity index (χ0n) is 15.3. The monoisotopic (exact) mass is 370 g/mol. The van der Waals surface area contributed by atoms with Crippen LogP contribution in [0.2, 0.25) is 0 Å². The van der Waals surface area contributed by atoms with Crippen molar-refractivity contribution in [2.75, 3.05) is 13.7 Å². The van der Waals surface area contributed by atoms with Crippen LogP contribution in [0, 0.1) is 0 Å². The van der Waals surface area contributed by atoms with Gasteiger partial charge < -0.3 is 4.74 Å². The van der Waals surface area contributed by atoms with Crippen LogP contribution in [-0.2, 0) is 10.2 Å². The van der Waals surface area contributed by atoms with Gasteiger partial charge in [0.05, 0.1) is 6.61 Å². The summed E-state index contributed by atoms with van der Waals surface area (Å²) >= 11 is 0. The van der Waals surface area contributed by atoms with Crippen molar-refractivity contribution in [3.8, 4) is 22.3 Å². The van der Waals surface area contributed by atoms with Crippen molar-refractivity contribution in [1.82, 2.24) is 0 Å². The summed E-state index contributed by atoms with van der Waals surface area (Å²) in [5.74, 6) is 0. The quantitative estimate of drug-likeness (QED) is 0.499. The first-order valence-corrected chi connectivity index (χ1v) is 8.67. The third kappa shape index (κ3) is 3.91. The maximum absolute atomic E-state index is 13.6. The molecule has 1 nitrogen and oxygen atoms in total. The first-order valence-electron chi connectivity index (χ1n) is 8.67. The lowest BCUT2D eigenvalue weighted by molar-refractivity contribution is -0.197. The van der Waals surface area contributed by atoms with E-state index in [0.29, 0.717) is 0 Å². The van der Waals surface area contributed by atoms with Crippen LogP contribution in [-0.4, -0.2) is 19.9 Å². The highest BCUT2D eigenvalue weighted by atomic mass is 19.4. The first kappa shape index (κ1) is 19.2. The van der Waals surface area contributed by atoms with Gasteiger partial charge in [0.15, 0.2) is 0 Å². The van der Waals surface area contributed by atoms with Crippen LogP contribution in [0.3, 0.4) is 0 Å². The molecule has 0 aromatic heterocycles. The summed E-state index contributed by atoms with van der Waals surface area (Å²) in [6.45, 7) is 0.751. The van der Waals surface area contributed by atoms with E-state index in [9.17, 15) is 13.2 Å². The van der Waals surface area contributed by atoms with Gasteiger partial charge in [-0.3, -0.25) is 0 Å². The van der Waals surface area contributed by atoms with Gasteiger partial charge in [-0.05, 0) is 40.8 Å². The molecule has 0 radical (unpaired) electrons. The Morgan fingerprint density at radius 2 is 1.22 bits per heavy atom. The standard InChI is InChI=1S/C23H21F3O/c1-22(16-27-2,23(24,25)26)21-13-11-18(12-14-21)20-10-6-9-19(15-20)17-7-4-3-5-8-17/h3-15H,16H2,1-2H3. The maximum atomic E-state index is 13.6. The number of benzene rings is 3.